The van der Waals surface area contributed by atoms with Gasteiger partial charge in [0.1, 0.15) is 6.10 Å². The Bertz CT molecular complexity index is 438. The van der Waals surface area contributed by atoms with Crippen LogP contribution in [0.15, 0.2) is 24.3 Å². The van der Waals surface area contributed by atoms with Gasteiger partial charge in [0, 0.05) is 12.3 Å². The molecule has 4 nitrogen and oxygen atoms in total. The van der Waals surface area contributed by atoms with Crippen LogP contribution in [0.5, 0.6) is 0 Å². The zero-order chi connectivity index (χ0) is 13.4. The largest absolute Gasteiger partial charge is 0.369 e. The van der Waals surface area contributed by atoms with E-state index < -0.39 is 6.10 Å². The van der Waals surface area contributed by atoms with Crippen LogP contribution >= 0.6 is 0 Å². The number of nitrogens with one attached hydrogen (secondary N) is 1. The summed E-state index contributed by atoms with van der Waals surface area (Å²) in [5.74, 6) is -0.193. The zero-order valence-corrected chi connectivity index (χ0v) is 10.8. The molecule has 1 rings (SSSR count). The Kier molecular flexibility index (Phi) is 5.89. The van der Waals surface area contributed by atoms with E-state index in [9.17, 15) is 4.79 Å². The van der Waals surface area contributed by atoms with Crippen molar-refractivity contribution in [1.82, 2.24) is 0 Å². The van der Waals surface area contributed by atoms with E-state index in [2.05, 4.69) is 12.2 Å². The molecule has 0 bridgehead atoms. The van der Waals surface area contributed by atoms with E-state index in [4.69, 9.17) is 10.00 Å². The van der Waals surface area contributed by atoms with Crippen molar-refractivity contribution in [3.63, 3.8) is 0 Å². The lowest BCUT2D eigenvalue weighted by Gasteiger charge is -2.13. The maximum absolute atomic E-state index is 11.8. The lowest BCUT2D eigenvalue weighted by Crippen LogP contribution is -2.28. The van der Waals surface area contributed by atoms with E-state index in [1.807, 2.05) is 6.07 Å². The van der Waals surface area contributed by atoms with E-state index in [1.54, 1.807) is 31.2 Å². The second-order valence-corrected chi connectivity index (χ2v) is 4.05. The molecule has 0 saturated heterocycles. The quantitative estimate of drug-likeness (QED) is 0.785. The van der Waals surface area contributed by atoms with Gasteiger partial charge in [-0.3, -0.25) is 4.79 Å². The van der Waals surface area contributed by atoms with Crippen LogP contribution in [-0.2, 0) is 9.53 Å². The number of rotatable bonds is 6. The summed E-state index contributed by atoms with van der Waals surface area (Å²) in [4.78, 5) is 11.8. The number of nitriles is 1. The SMILES string of the molecule is CCCCOC(C)C(=O)Nc1cccc(C#N)c1. The van der Waals surface area contributed by atoms with E-state index in [-0.39, 0.29) is 5.91 Å². The third-order valence-corrected chi connectivity index (χ3v) is 2.49. The van der Waals surface area contributed by atoms with Crippen molar-refractivity contribution in [2.45, 2.75) is 32.8 Å². The molecule has 1 aromatic rings. The summed E-state index contributed by atoms with van der Waals surface area (Å²) in [6.45, 7) is 4.38. The topological polar surface area (TPSA) is 62.1 Å². The highest BCUT2D eigenvalue weighted by molar-refractivity contribution is 5.94. The number of hydrogen-bond acceptors (Lipinski definition) is 3. The van der Waals surface area contributed by atoms with Crippen LogP contribution in [0.25, 0.3) is 0 Å². The van der Waals surface area contributed by atoms with E-state index in [0.717, 1.165) is 12.8 Å². The number of ether oxygens (including phenoxy) is 1. The molecule has 1 atom stereocenters. The molecule has 0 radical (unpaired) electrons. The summed E-state index contributed by atoms with van der Waals surface area (Å²) in [5.41, 5.74) is 1.14. The Morgan fingerprint density at radius 1 is 1.56 bits per heavy atom. The standard InChI is InChI=1S/C14H18N2O2/c1-3-4-8-18-11(2)14(17)16-13-7-5-6-12(9-13)10-15/h5-7,9,11H,3-4,8H2,1-2H3,(H,16,17). The summed E-state index contributed by atoms with van der Waals surface area (Å²) in [6.07, 6.45) is 1.50. The van der Waals surface area contributed by atoms with Crippen LogP contribution in [0.1, 0.15) is 32.3 Å². The van der Waals surface area contributed by atoms with Gasteiger partial charge in [-0.2, -0.15) is 5.26 Å². The van der Waals surface area contributed by atoms with Crippen molar-refractivity contribution in [3.05, 3.63) is 29.8 Å². The highest BCUT2D eigenvalue weighted by Gasteiger charge is 2.13. The average molecular weight is 246 g/mol. The molecule has 96 valence electrons. The second kappa shape index (κ2) is 7.46. The molecule has 1 unspecified atom stereocenters. The van der Waals surface area contributed by atoms with Crippen LogP contribution in [0.4, 0.5) is 5.69 Å². The van der Waals surface area contributed by atoms with Crippen LogP contribution in [0.2, 0.25) is 0 Å². The molecule has 0 aliphatic carbocycles. The van der Waals surface area contributed by atoms with E-state index in [0.29, 0.717) is 17.9 Å². The number of carbonyl (C=O) groups excluding carboxylic acids is 1. The Hall–Kier alpha value is -1.86. The maximum atomic E-state index is 11.8. The van der Waals surface area contributed by atoms with Gasteiger partial charge >= 0.3 is 0 Å². The zero-order valence-electron chi connectivity index (χ0n) is 10.8. The molecular weight excluding hydrogens is 228 g/mol. The van der Waals surface area contributed by atoms with Gasteiger partial charge in [0.2, 0.25) is 0 Å². The lowest BCUT2D eigenvalue weighted by molar-refractivity contribution is -0.126. The molecule has 0 saturated carbocycles. The van der Waals surface area contributed by atoms with Crippen molar-refractivity contribution < 1.29 is 9.53 Å². The third kappa shape index (κ3) is 4.56. The number of carbonyl (C=O) groups is 1. The monoisotopic (exact) mass is 246 g/mol. The van der Waals surface area contributed by atoms with Gasteiger partial charge in [-0.1, -0.05) is 19.4 Å². The van der Waals surface area contributed by atoms with Crippen LogP contribution in [0, 0.1) is 11.3 Å². The van der Waals surface area contributed by atoms with Crippen molar-refractivity contribution in [2.24, 2.45) is 0 Å². The number of benzene rings is 1. The first-order chi connectivity index (χ1) is 8.67. The summed E-state index contributed by atoms with van der Waals surface area (Å²) in [5, 5.41) is 11.5. The first-order valence-corrected chi connectivity index (χ1v) is 6.10. The van der Waals surface area contributed by atoms with E-state index >= 15 is 0 Å². The summed E-state index contributed by atoms with van der Waals surface area (Å²) < 4.78 is 5.40. The molecule has 0 heterocycles. The van der Waals surface area contributed by atoms with Crippen molar-refractivity contribution >= 4 is 11.6 Å². The smallest absolute Gasteiger partial charge is 0.253 e. The predicted molar refractivity (Wildman–Crippen MR) is 70.1 cm³/mol. The molecule has 18 heavy (non-hydrogen) atoms. The first-order valence-electron chi connectivity index (χ1n) is 6.10. The molecule has 0 spiro atoms. The van der Waals surface area contributed by atoms with E-state index in [1.165, 1.54) is 0 Å². The Labute approximate surface area is 108 Å². The normalized spacial score (nSPS) is 11.6. The van der Waals surface area contributed by atoms with Crippen LogP contribution in [0.3, 0.4) is 0 Å². The summed E-state index contributed by atoms with van der Waals surface area (Å²) >= 11 is 0. The Balaban J connectivity index is 2.50. The maximum Gasteiger partial charge on any atom is 0.253 e. The highest BCUT2D eigenvalue weighted by Crippen LogP contribution is 2.10. The molecule has 0 aromatic heterocycles. The third-order valence-electron chi connectivity index (χ3n) is 2.49. The number of hydrogen-bond donors (Lipinski definition) is 1. The molecule has 0 aliphatic rings. The fraction of sp³-hybridized carbons (Fsp3) is 0.429. The van der Waals surface area contributed by atoms with Crippen LogP contribution in [-0.4, -0.2) is 18.6 Å². The minimum Gasteiger partial charge on any atom is -0.369 e. The van der Waals surface area contributed by atoms with Gasteiger partial charge in [0.25, 0.3) is 5.91 Å². The predicted octanol–water partition coefficient (Wildman–Crippen LogP) is 2.70. The number of amides is 1. The fourth-order valence-electron chi connectivity index (χ4n) is 1.39. The van der Waals surface area contributed by atoms with Crippen molar-refractivity contribution in [1.29, 1.82) is 5.26 Å². The average Bonchev–Trinajstić information content (AvgIpc) is 2.39. The molecule has 4 heteroatoms. The minimum absolute atomic E-state index is 0.193. The van der Waals surface area contributed by atoms with Crippen LogP contribution < -0.4 is 5.32 Å². The highest BCUT2D eigenvalue weighted by atomic mass is 16.5. The summed E-state index contributed by atoms with van der Waals surface area (Å²) in [6, 6.07) is 8.84. The Morgan fingerprint density at radius 2 is 2.33 bits per heavy atom. The fourth-order valence-corrected chi connectivity index (χ4v) is 1.39. The minimum atomic E-state index is -0.484. The molecule has 1 aromatic carbocycles. The van der Waals surface area contributed by atoms with Gasteiger partial charge in [-0.15, -0.1) is 0 Å². The second-order valence-electron chi connectivity index (χ2n) is 4.05. The first kappa shape index (κ1) is 14.2. The van der Waals surface area contributed by atoms with Gasteiger partial charge in [0.15, 0.2) is 0 Å². The van der Waals surface area contributed by atoms with Gasteiger partial charge in [-0.05, 0) is 31.5 Å². The Morgan fingerprint density at radius 3 is 3.00 bits per heavy atom. The lowest BCUT2D eigenvalue weighted by atomic mass is 10.2. The number of unbranched alkanes of at least 4 members (excludes halogenated alkanes) is 1. The molecule has 1 amide bonds. The van der Waals surface area contributed by atoms with Crippen molar-refractivity contribution in [2.75, 3.05) is 11.9 Å². The molecule has 0 aliphatic heterocycles. The molecular formula is C14H18N2O2. The van der Waals surface area contributed by atoms with Gasteiger partial charge in [-0.25, -0.2) is 0 Å². The van der Waals surface area contributed by atoms with Gasteiger partial charge < -0.3 is 10.1 Å². The number of nitrogens with zero attached hydrogens (tertiary/aromatic N) is 1. The van der Waals surface area contributed by atoms with Gasteiger partial charge in [0.05, 0.1) is 11.6 Å². The molecule has 1 N–H and O–H groups in total. The summed E-state index contributed by atoms with van der Waals surface area (Å²) in [7, 11) is 0. The van der Waals surface area contributed by atoms with Crippen molar-refractivity contribution in [3.8, 4) is 6.07 Å². The number of anilines is 1. The molecule has 0 fully saturated rings.